The molecule has 5 unspecified atom stereocenters. The molecule has 3 aliphatic rings. The highest BCUT2D eigenvalue weighted by atomic mass is 79.9. The van der Waals surface area contributed by atoms with Crippen LogP contribution in [0.2, 0.25) is 0 Å². The quantitative estimate of drug-likeness (QED) is 0.628. The van der Waals surface area contributed by atoms with Crippen molar-refractivity contribution in [2.75, 3.05) is 0 Å². The Kier molecular flexibility index (Phi) is 1.37. The molecule has 3 rings (SSSR count). The van der Waals surface area contributed by atoms with E-state index in [0.717, 1.165) is 4.48 Å². The highest BCUT2D eigenvalue weighted by Crippen LogP contribution is 2.55. The maximum absolute atomic E-state index is 9.84. The summed E-state index contributed by atoms with van der Waals surface area (Å²) in [4.78, 5) is 0. The fourth-order valence-electron chi connectivity index (χ4n) is 3.04. The zero-order valence-electron chi connectivity index (χ0n) is 6.65. The van der Waals surface area contributed by atoms with Gasteiger partial charge in [0, 0.05) is 10.4 Å². The van der Waals surface area contributed by atoms with E-state index in [2.05, 4.69) is 34.2 Å². The number of allylic oxidation sites excluding steroid dienone is 3. The lowest BCUT2D eigenvalue weighted by molar-refractivity contribution is 0.130. The highest BCUT2D eigenvalue weighted by Gasteiger charge is 2.50. The van der Waals surface area contributed by atoms with Crippen molar-refractivity contribution in [3.63, 3.8) is 0 Å². The van der Waals surface area contributed by atoms with Crippen LogP contribution in [0, 0.1) is 23.7 Å². The molecule has 1 nitrogen and oxygen atoms in total. The fourth-order valence-corrected chi connectivity index (χ4v) is 3.65. The largest absolute Gasteiger partial charge is 0.388 e. The van der Waals surface area contributed by atoms with E-state index in [-0.39, 0.29) is 6.10 Å². The summed E-state index contributed by atoms with van der Waals surface area (Å²) in [7, 11) is 0. The first-order chi connectivity index (χ1) is 5.77. The van der Waals surface area contributed by atoms with E-state index in [1.165, 1.54) is 6.42 Å². The zero-order chi connectivity index (χ0) is 8.29. The van der Waals surface area contributed by atoms with Crippen LogP contribution in [0.1, 0.15) is 6.42 Å². The van der Waals surface area contributed by atoms with Crippen molar-refractivity contribution >= 4 is 15.9 Å². The summed E-state index contributed by atoms with van der Waals surface area (Å²) in [5.74, 6) is 2.45. The van der Waals surface area contributed by atoms with Gasteiger partial charge in [0.25, 0.3) is 0 Å². The predicted molar refractivity (Wildman–Crippen MR) is 50.7 cm³/mol. The zero-order valence-corrected chi connectivity index (χ0v) is 8.24. The minimum atomic E-state index is -0.227. The van der Waals surface area contributed by atoms with Gasteiger partial charge in [0.05, 0.1) is 6.10 Å². The molecule has 3 aliphatic carbocycles. The van der Waals surface area contributed by atoms with E-state index in [1.807, 2.05) is 0 Å². The molecule has 2 heteroatoms. The Morgan fingerprint density at radius 1 is 1.33 bits per heavy atom. The lowest BCUT2D eigenvalue weighted by Gasteiger charge is -2.22. The van der Waals surface area contributed by atoms with Gasteiger partial charge in [-0.25, -0.2) is 0 Å². The fraction of sp³-hybridized carbons (Fsp3) is 0.600. The lowest BCUT2D eigenvalue weighted by Crippen LogP contribution is -2.24. The van der Waals surface area contributed by atoms with E-state index in [1.54, 1.807) is 0 Å². The second kappa shape index (κ2) is 2.24. The first kappa shape index (κ1) is 7.34. The molecular formula is C10H11BrO. The molecule has 0 aliphatic heterocycles. The van der Waals surface area contributed by atoms with Crippen LogP contribution in [0.3, 0.4) is 0 Å². The minimum absolute atomic E-state index is 0.227. The third kappa shape index (κ3) is 0.728. The Bertz CT molecular complexity index is 282. The Labute approximate surface area is 80.3 Å². The molecule has 0 saturated heterocycles. The third-order valence-corrected chi connectivity index (χ3v) is 4.32. The third-order valence-electron chi connectivity index (χ3n) is 3.58. The Balaban J connectivity index is 2.01. The van der Waals surface area contributed by atoms with Crippen LogP contribution in [-0.2, 0) is 0 Å². The molecule has 0 aromatic carbocycles. The van der Waals surface area contributed by atoms with Gasteiger partial charge in [-0.2, -0.15) is 0 Å². The maximum Gasteiger partial charge on any atom is 0.0891 e. The van der Waals surface area contributed by atoms with Gasteiger partial charge >= 0.3 is 0 Å². The second-order valence-corrected chi connectivity index (χ2v) is 5.02. The Morgan fingerprint density at radius 2 is 2.08 bits per heavy atom. The van der Waals surface area contributed by atoms with E-state index < -0.39 is 0 Å². The average Bonchev–Trinajstić information content (AvgIpc) is 2.66. The highest BCUT2D eigenvalue weighted by molar-refractivity contribution is 9.11. The van der Waals surface area contributed by atoms with Crippen molar-refractivity contribution in [1.82, 2.24) is 0 Å². The van der Waals surface area contributed by atoms with Gasteiger partial charge in [0.2, 0.25) is 0 Å². The van der Waals surface area contributed by atoms with E-state index >= 15 is 0 Å². The van der Waals surface area contributed by atoms with Crippen molar-refractivity contribution in [1.29, 1.82) is 0 Å². The van der Waals surface area contributed by atoms with Crippen LogP contribution in [0.15, 0.2) is 22.7 Å². The summed E-state index contributed by atoms with van der Waals surface area (Å²) in [6.45, 7) is 0. The van der Waals surface area contributed by atoms with Gasteiger partial charge in [-0.05, 0) is 24.2 Å². The van der Waals surface area contributed by atoms with E-state index in [0.29, 0.717) is 23.7 Å². The molecule has 2 bridgehead atoms. The van der Waals surface area contributed by atoms with Crippen molar-refractivity contribution in [3.05, 3.63) is 22.7 Å². The smallest absolute Gasteiger partial charge is 0.0891 e. The first-order valence-electron chi connectivity index (χ1n) is 4.51. The first-order valence-corrected chi connectivity index (χ1v) is 5.30. The molecule has 0 aromatic rings. The number of aliphatic hydroxyl groups is 1. The topological polar surface area (TPSA) is 20.2 Å². The summed E-state index contributed by atoms with van der Waals surface area (Å²) in [6.07, 6.45) is 7.86. The minimum Gasteiger partial charge on any atom is -0.388 e. The van der Waals surface area contributed by atoms with Crippen LogP contribution in [0.25, 0.3) is 0 Å². The maximum atomic E-state index is 9.84. The molecule has 12 heavy (non-hydrogen) atoms. The molecule has 0 aromatic heterocycles. The summed E-state index contributed by atoms with van der Waals surface area (Å²) in [5, 5.41) is 9.84. The summed E-state index contributed by atoms with van der Waals surface area (Å²) >= 11 is 3.43. The number of aliphatic hydroxyl groups excluding tert-OH is 1. The van der Waals surface area contributed by atoms with Crippen LogP contribution in [0.5, 0.6) is 0 Å². The predicted octanol–water partition coefficient (Wildman–Crippen LogP) is 2.08. The molecule has 1 saturated carbocycles. The van der Waals surface area contributed by atoms with Crippen LogP contribution >= 0.6 is 15.9 Å². The van der Waals surface area contributed by atoms with Gasteiger partial charge in [-0.1, -0.05) is 34.2 Å². The molecule has 0 spiro atoms. The number of hydrogen-bond donors (Lipinski definition) is 1. The second-order valence-electron chi connectivity index (χ2n) is 4.10. The number of hydrogen-bond acceptors (Lipinski definition) is 1. The number of halogens is 1. The van der Waals surface area contributed by atoms with Gasteiger partial charge in [0.1, 0.15) is 0 Å². The van der Waals surface area contributed by atoms with Crippen molar-refractivity contribution in [3.8, 4) is 0 Å². The standard InChI is InChI=1S/C10H11BrO/c11-8-4-7-5-1-2-6(3-5)9(7)10(8)12/h1-2,4-7,9-10,12H,3H2. The van der Waals surface area contributed by atoms with E-state index in [9.17, 15) is 5.11 Å². The van der Waals surface area contributed by atoms with Gasteiger partial charge < -0.3 is 5.11 Å². The van der Waals surface area contributed by atoms with Gasteiger partial charge in [0.15, 0.2) is 0 Å². The van der Waals surface area contributed by atoms with E-state index in [4.69, 9.17) is 0 Å². The van der Waals surface area contributed by atoms with Crippen molar-refractivity contribution in [2.24, 2.45) is 23.7 Å². The van der Waals surface area contributed by atoms with Crippen molar-refractivity contribution in [2.45, 2.75) is 12.5 Å². The molecular weight excluding hydrogens is 216 g/mol. The lowest BCUT2D eigenvalue weighted by atomic mass is 9.84. The monoisotopic (exact) mass is 226 g/mol. The Hall–Kier alpha value is -0.0800. The SMILES string of the molecule is OC1C(Br)=CC2C3C=CC(C3)C12. The Morgan fingerprint density at radius 3 is 2.83 bits per heavy atom. The number of fused-ring (bicyclic) bond motifs is 5. The summed E-state index contributed by atoms with van der Waals surface area (Å²) < 4.78 is 1.01. The van der Waals surface area contributed by atoms with Gasteiger partial charge in [-0.15, -0.1) is 0 Å². The number of rotatable bonds is 0. The molecule has 1 N–H and O–H groups in total. The van der Waals surface area contributed by atoms with Crippen LogP contribution in [-0.4, -0.2) is 11.2 Å². The molecule has 0 amide bonds. The van der Waals surface area contributed by atoms with Crippen LogP contribution < -0.4 is 0 Å². The molecule has 1 fully saturated rings. The normalized spacial score (nSPS) is 54.5. The molecule has 0 radical (unpaired) electrons. The van der Waals surface area contributed by atoms with Gasteiger partial charge in [-0.3, -0.25) is 0 Å². The average molecular weight is 227 g/mol. The van der Waals surface area contributed by atoms with Crippen molar-refractivity contribution < 1.29 is 5.11 Å². The van der Waals surface area contributed by atoms with Crippen LogP contribution in [0.4, 0.5) is 0 Å². The molecule has 5 atom stereocenters. The summed E-state index contributed by atoms with van der Waals surface area (Å²) in [5.41, 5.74) is 0. The molecule has 64 valence electrons. The summed E-state index contributed by atoms with van der Waals surface area (Å²) in [6, 6.07) is 0. The molecule has 0 heterocycles.